The maximum atomic E-state index is 11.2. The molecule has 1 atom stereocenters. The molecule has 5 heteroatoms. The lowest BCUT2D eigenvalue weighted by atomic mass is 9.98. The van der Waals surface area contributed by atoms with E-state index in [0.717, 1.165) is 36.4 Å². The summed E-state index contributed by atoms with van der Waals surface area (Å²) in [5.74, 6) is 0.464. The molecule has 1 saturated heterocycles. The summed E-state index contributed by atoms with van der Waals surface area (Å²) in [7, 11) is 0. The van der Waals surface area contributed by atoms with Crippen molar-refractivity contribution in [1.29, 1.82) is 0 Å². The smallest absolute Gasteiger partial charge is 0.307 e. The molecule has 0 aliphatic carbocycles. The first-order valence-electron chi connectivity index (χ1n) is 8.01. The predicted molar refractivity (Wildman–Crippen MR) is 87.0 cm³/mol. The van der Waals surface area contributed by atoms with Gasteiger partial charge in [-0.15, -0.1) is 0 Å². The van der Waals surface area contributed by atoms with Gasteiger partial charge in [-0.3, -0.25) is 9.69 Å². The predicted octanol–water partition coefficient (Wildman–Crippen LogP) is 3.26. The van der Waals surface area contributed by atoms with Crippen LogP contribution in [0.15, 0.2) is 28.7 Å². The molecule has 3 rings (SSSR count). The Balaban J connectivity index is 1.75. The minimum Gasteiger partial charge on any atom is -0.481 e. The summed E-state index contributed by atoms with van der Waals surface area (Å²) in [5.41, 5.74) is 3.04. The molecule has 0 saturated carbocycles. The van der Waals surface area contributed by atoms with Gasteiger partial charge in [-0.05, 0) is 45.4 Å². The van der Waals surface area contributed by atoms with Crippen molar-refractivity contribution in [3.63, 3.8) is 0 Å². The van der Waals surface area contributed by atoms with Gasteiger partial charge in [0.15, 0.2) is 0 Å². The Hall–Kier alpha value is -2.14. The average molecular weight is 314 g/mol. The molecule has 1 aliphatic heterocycles. The molecule has 1 aliphatic rings. The van der Waals surface area contributed by atoms with Gasteiger partial charge >= 0.3 is 5.97 Å². The first-order chi connectivity index (χ1) is 11.0. The fourth-order valence-electron chi connectivity index (χ4n) is 3.09. The van der Waals surface area contributed by atoms with Crippen molar-refractivity contribution in [2.75, 3.05) is 13.1 Å². The van der Waals surface area contributed by atoms with E-state index in [1.165, 1.54) is 5.56 Å². The van der Waals surface area contributed by atoms with Crippen LogP contribution in [-0.2, 0) is 11.3 Å². The van der Waals surface area contributed by atoms with Crippen molar-refractivity contribution >= 4 is 5.97 Å². The van der Waals surface area contributed by atoms with Gasteiger partial charge in [0.2, 0.25) is 5.89 Å². The number of oxazole rings is 1. The van der Waals surface area contributed by atoms with E-state index in [-0.39, 0.29) is 5.92 Å². The molecule has 1 aromatic heterocycles. The third kappa shape index (κ3) is 3.62. The molecule has 1 aromatic carbocycles. The number of carboxylic acid groups (broad SMARTS) is 1. The number of carboxylic acids is 1. The number of benzene rings is 1. The second kappa shape index (κ2) is 6.54. The van der Waals surface area contributed by atoms with Crippen molar-refractivity contribution in [1.82, 2.24) is 9.88 Å². The van der Waals surface area contributed by atoms with E-state index in [9.17, 15) is 9.90 Å². The highest BCUT2D eigenvalue weighted by molar-refractivity contribution is 5.70. The highest BCUT2D eigenvalue weighted by Crippen LogP contribution is 2.25. The lowest BCUT2D eigenvalue weighted by molar-refractivity contribution is -0.143. The highest BCUT2D eigenvalue weighted by Gasteiger charge is 2.26. The fraction of sp³-hybridized carbons (Fsp3) is 0.444. The third-order valence-corrected chi connectivity index (χ3v) is 4.39. The molecule has 2 aromatic rings. The monoisotopic (exact) mass is 314 g/mol. The van der Waals surface area contributed by atoms with Gasteiger partial charge < -0.3 is 9.52 Å². The van der Waals surface area contributed by atoms with Gasteiger partial charge in [0, 0.05) is 18.7 Å². The molecule has 0 bridgehead atoms. The Labute approximate surface area is 135 Å². The largest absolute Gasteiger partial charge is 0.481 e. The number of rotatable bonds is 4. The van der Waals surface area contributed by atoms with Crippen LogP contribution in [0.3, 0.4) is 0 Å². The molecule has 1 N–H and O–H groups in total. The summed E-state index contributed by atoms with van der Waals surface area (Å²) >= 11 is 0. The lowest BCUT2D eigenvalue weighted by Crippen LogP contribution is -2.38. The lowest BCUT2D eigenvalue weighted by Gasteiger charge is -2.29. The first-order valence-corrected chi connectivity index (χ1v) is 8.01. The number of hydrogen-bond donors (Lipinski definition) is 1. The van der Waals surface area contributed by atoms with Gasteiger partial charge in [0.05, 0.1) is 11.6 Å². The molecule has 0 spiro atoms. The van der Waals surface area contributed by atoms with Crippen molar-refractivity contribution in [2.24, 2.45) is 5.92 Å². The second-order valence-electron chi connectivity index (χ2n) is 6.30. The Morgan fingerprint density at radius 2 is 2.26 bits per heavy atom. The van der Waals surface area contributed by atoms with Crippen LogP contribution in [-0.4, -0.2) is 34.0 Å². The van der Waals surface area contributed by atoms with Crippen LogP contribution in [0.25, 0.3) is 11.5 Å². The van der Waals surface area contributed by atoms with Crippen LogP contribution < -0.4 is 0 Å². The first kappa shape index (κ1) is 15.7. The van der Waals surface area contributed by atoms with Crippen molar-refractivity contribution in [3.05, 3.63) is 41.3 Å². The van der Waals surface area contributed by atoms with Crippen molar-refractivity contribution in [3.8, 4) is 11.5 Å². The molecule has 23 heavy (non-hydrogen) atoms. The number of piperidine rings is 1. The number of aromatic nitrogens is 1. The Morgan fingerprint density at radius 1 is 1.43 bits per heavy atom. The maximum absolute atomic E-state index is 11.2. The zero-order valence-electron chi connectivity index (χ0n) is 13.6. The van der Waals surface area contributed by atoms with Gasteiger partial charge in [0.1, 0.15) is 5.76 Å². The van der Waals surface area contributed by atoms with E-state index in [0.29, 0.717) is 19.0 Å². The van der Waals surface area contributed by atoms with E-state index in [1.807, 2.05) is 32.0 Å². The molecule has 122 valence electrons. The fourth-order valence-corrected chi connectivity index (χ4v) is 3.09. The van der Waals surface area contributed by atoms with Gasteiger partial charge in [0.25, 0.3) is 0 Å². The van der Waals surface area contributed by atoms with Crippen molar-refractivity contribution < 1.29 is 14.3 Å². The van der Waals surface area contributed by atoms with Gasteiger partial charge in [-0.2, -0.15) is 0 Å². The van der Waals surface area contributed by atoms with Crippen molar-refractivity contribution in [2.45, 2.75) is 33.2 Å². The van der Waals surface area contributed by atoms with E-state index in [4.69, 9.17) is 4.42 Å². The van der Waals surface area contributed by atoms with Gasteiger partial charge in [-0.25, -0.2) is 4.98 Å². The Kier molecular flexibility index (Phi) is 4.48. The summed E-state index contributed by atoms with van der Waals surface area (Å²) in [5, 5.41) is 9.19. The maximum Gasteiger partial charge on any atom is 0.307 e. The number of hydrogen-bond acceptors (Lipinski definition) is 4. The standard InChI is InChI=1S/C18H22N2O3/c1-12-5-3-6-14(9-12)17-19-16(13(2)23-17)11-20-8-4-7-15(10-20)18(21)22/h3,5-6,9,15H,4,7-8,10-11H2,1-2H3,(H,21,22)/t15-/m0/s1. The molecule has 0 amide bonds. The minimum absolute atomic E-state index is 0.271. The summed E-state index contributed by atoms with van der Waals surface area (Å²) in [6, 6.07) is 8.08. The zero-order chi connectivity index (χ0) is 16.4. The van der Waals surface area contributed by atoms with Crippen LogP contribution in [0.2, 0.25) is 0 Å². The van der Waals surface area contributed by atoms with E-state index < -0.39 is 5.97 Å². The third-order valence-electron chi connectivity index (χ3n) is 4.39. The topological polar surface area (TPSA) is 66.6 Å². The highest BCUT2D eigenvalue weighted by atomic mass is 16.4. The van der Waals surface area contributed by atoms with Crippen LogP contribution in [0.4, 0.5) is 0 Å². The summed E-state index contributed by atoms with van der Waals surface area (Å²) < 4.78 is 5.82. The quantitative estimate of drug-likeness (QED) is 0.938. The Morgan fingerprint density at radius 3 is 3.00 bits per heavy atom. The van der Waals surface area contributed by atoms with Crippen LogP contribution >= 0.6 is 0 Å². The molecular formula is C18H22N2O3. The average Bonchev–Trinajstić information content (AvgIpc) is 2.89. The summed E-state index contributed by atoms with van der Waals surface area (Å²) in [4.78, 5) is 18.0. The molecule has 1 fully saturated rings. The number of aryl methyl sites for hydroxylation is 2. The molecule has 0 unspecified atom stereocenters. The minimum atomic E-state index is -0.702. The summed E-state index contributed by atoms with van der Waals surface area (Å²) in [6.45, 7) is 6.10. The van der Waals surface area contributed by atoms with Crippen LogP contribution in [0.1, 0.15) is 29.9 Å². The zero-order valence-corrected chi connectivity index (χ0v) is 13.6. The van der Waals surface area contributed by atoms with E-state index in [2.05, 4.69) is 16.0 Å². The van der Waals surface area contributed by atoms with E-state index in [1.54, 1.807) is 0 Å². The van der Waals surface area contributed by atoms with Crippen LogP contribution in [0.5, 0.6) is 0 Å². The number of aliphatic carboxylic acids is 1. The second-order valence-corrected chi connectivity index (χ2v) is 6.30. The molecule has 5 nitrogen and oxygen atoms in total. The summed E-state index contributed by atoms with van der Waals surface area (Å²) in [6.07, 6.45) is 1.68. The van der Waals surface area contributed by atoms with E-state index >= 15 is 0 Å². The molecule has 0 radical (unpaired) electrons. The number of likely N-dealkylation sites (tertiary alicyclic amines) is 1. The molecular weight excluding hydrogens is 292 g/mol. The Bertz CT molecular complexity index is 708. The molecule has 2 heterocycles. The number of carbonyl (C=O) groups is 1. The number of nitrogens with zero attached hydrogens (tertiary/aromatic N) is 2. The normalized spacial score (nSPS) is 19.0. The van der Waals surface area contributed by atoms with Gasteiger partial charge in [-0.1, -0.05) is 17.7 Å². The SMILES string of the molecule is Cc1cccc(-c2nc(CN3CCC[C@H](C(=O)O)C3)c(C)o2)c1. The van der Waals surface area contributed by atoms with Crippen LogP contribution in [0, 0.1) is 19.8 Å².